The first kappa shape index (κ1) is 12.5. The van der Waals surface area contributed by atoms with E-state index in [0.29, 0.717) is 12.4 Å². The molecule has 1 heterocycles. The van der Waals surface area contributed by atoms with Gasteiger partial charge in [-0.1, -0.05) is 6.92 Å². The number of ether oxygens (including phenoxy) is 1. The van der Waals surface area contributed by atoms with Gasteiger partial charge in [-0.25, -0.2) is 9.78 Å². The molecule has 0 saturated carbocycles. The summed E-state index contributed by atoms with van der Waals surface area (Å²) < 4.78 is 6.76. The van der Waals surface area contributed by atoms with Crippen molar-refractivity contribution in [1.82, 2.24) is 9.55 Å². The third-order valence-electron chi connectivity index (χ3n) is 2.62. The first-order valence-corrected chi connectivity index (χ1v) is 5.54. The summed E-state index contributed by atoms with van der Waals surface area (Å²) in [5.41, 5.74) is 6.13. The second kappa shape index (κ2) is 5.01. The number of aryl methyl sites for hydroxylation is 1. The first-order valence-electron chi connectivity index (χ1n) is 5.54. The molecule has 0 aliphatic heterocycles. The van der Waals surface area contributed by atoms with Crippen LogP contribution in [-0.4, -0.2) is 22.1 Å². The molecule has 2 N–H and O–H groups in total. The number of nitrogens with two attached hydrogens (primary N) is 1. The van der Waals surface area contributed by atoms with Gasteiger partial charge in [0.25, 0.3) is 0 Å². The normalized spacial score (nSPS) is 12.5. The predicted octanol–water partition coefficient (Wildman–Crippen LogP) is 1.92. The van der Waals surface area contributed by atoms with E-state index in [1.54, 1.807) is 6.92 Å². The number of carbonyl (C=O) groups excluding carboxylic acids is 1. The number of hydrogen-bond donors (Lipinski definition) is 1. The van der Waals surface area contributed by atoms with E-state index in [4.69, 9.17) is 10.5 Å². The molecule has 1 rings (SSSR count). The van der Waals surface area contributed by atoms with E-state index in [-0.39, 0.29) is 11.7 Å². The SMILES string of the molecule is CCOC(=O)c1nc(C)n(C(C)CC)c1N. The van der Waals surface area contributed by atoms with Crippen LogP contribution in [0.1, 0.15) is 49.5 Å². The molecular formula is C11H19N3O2. The highest BCUT2D eigenvalue weighted by Crippen LogP contribution is 2.22. The Hall–Kier alpha value is -1.52. The molecule has 1 unspecified atom stereocenters. The second-order valence-electron chi connectivity index (χ2n) is 3.74. The Kier molecular flexibility index (Phi) is 3.93. The van der Waals surface area contributed by atoms with Crippen LogP contribution < -0.4 is 5.73 Å². The monoisotopic (exact) mass is 225 g/mol. The highest BCUT2D eigenvalue weighted by atomic mass is 16.5. The molecular weight excluding hydrogens is 206 g/mol. The van der Waals surface area contributed by atoms with Gasteiger partial charge in [0.15, 0.2) is 5.69 Å². The Morgan fingerprint density at radius 3 is 2.69 bits per heavy atom. The van der Waals surface area contributed by atoms with Crippen LogP contribution in [0.4, 0.5) is 5.82 Å². The molecule has 0 spiro atoms. The van der Waals surface area contributed by atoms with E-state index in [9.17, 15) is 4.79 Å². The van der Waals surface area contributed by atoms with Crippen molar-refractivity contribution < 1.29 is 9.53 Å². The number of esters is 1. The van der Waals surface area contributed by atoms with Crippen LogP contribution in [0.5, 0.6) is 0 Å². The second-order valence-corrected chi connectivity index (χ2v) is 3.74. The summed E-state index contributed by atoms with van der Waals surface area (Å²) in [6.45, 7) is 8.03. The maximum atomic E-state index is 11.6. The quantitative estimate of drug-likeness (QED) is 0.795. The van der Waals surface area contributed by atoms with Crippen molar-refractivity contribution in [2.24, 2.45) is 0 Å². The molecule has 0 bridgehead atoms. The molecule has 90 valence electrons. The maximum absolute atomic E-state index is 11.6. The van der Waals surface area contributed by atoms with Gasteiger partial charge in [-0.05, 0) is 27.2 Å². The van der Waals surface area contributed by atoms with Gasteiger partial charge < -0.3 is 15.0 Å². The zero-order valence-electron chi connectivity index (χ0n) is 10.3. The predicted molar refractivity (Wildman–Crippen MR) is 62.3 cm³/mol. The van der Waals surface area contributed by atoms with Crippen molar-refractivity contribution in [2.45, 2.75) is 40.2 Å². The summed E-state index contributed by atoms with van der Waals surface area (Å²) in [5.74, 6) is 0.686. The molecule has 5 heteroatoms. The minimum Gasteiger partial charge on any atom is -0.461 e. The van der Waals surface area contributed by atoms with Gasteiger partial charge in [0.1, 0.15) is 11.6 Å². The fourth-order valence-corrected chi connectivity index (χ4v) is 1.65. The third-order valence-corrected chi connectivity index (χ3v) is 2.62. The minimum absolute atomic E-state index is 0.222. The maximum Gasteiger partial charge on any atom is 0.360 e. The summed E-state index contributed by atoms with van der Waals surface area (Å²) in [4.78, 5) is 15.7. The van der Waals surface area contributed by atoms with Crippen LogP contribution in [0, 0.1) is 6.92 Å². The van der Waals surface area contributed by atoms with Crippen molar-refractivity contribution in [3.63, 3.8) is 0 Å². The molecule has 0 aliphatic rings. The van der Waals surface area contributed by atoms with Crippen LogP contribution in [0.3, 0.4) is 0 Å². The molecule has 1 aromatic heterocycles. The van der Waals surface area contributed by atoms with Gasteiger partial charge in [-0.2, -0.15) is 0 Å². The largest absolute Gasteiger partial charge is 0.461 e. The lowest BCUT2D eigenvalue weighted by atomic mass is 10.2. The minimum atomic E-state index is -0.454. The number of nitrogens with zero attached hydrogens (tertiary/aromatic N) is 2. The Bertz CT molecular complexity index is 385. The molecule has 0 aliphatic carbocycles. The summed E-state index contributed by atoms with van der Waals surface area (Å²) in [7, 11) is 0. The lowest BCUT2D eigenvalue weighted by Crippen LogP contribution is -2.12. The van der Waals surface area contributed by atoms with E-state index < -0.39 is 5.97 Å². The Balaban J connectivity index is 3.11. The van der Waals surface area contributed by atoms with Gasteiger partial charge in [0, 0.05) is 6.04 Å². The van der Waals surface area contributed by atoms with Gasteiger partial charge in [0.05, 0.1) is 6.61 Å². The van der Waals surface area contributed by atoms with Gasteiger partial charge in [0.2, 0.25) is 0 Å². The first-order chi connectivity index (χ1) is 7.52. The van der Waals surface area contributed by atoms with Crippen LogP contribution in [0.25, 0.3) is 0 Å². The number of anilines is 1. The van der Waals surface area contributed by atoms with E-state index in [1.807, 2.05) is 18.4 Å². The number of carbonyl (C=O) groups is 1. The molecule has 0 aromatic carbocycles. The average molecular weight is 225 g/mol. The number of nitrogen functional groups attached to an aromatic ring is 1. The van der Waals surface area contributed by atoms with Crippen molar-refractivity contribution in [3.8, 4) is 0 Å². The molecule has 16 heavy (non-hydrogen) atoms. The molecule has 5 nitrogen and oxygen atoms in total. The lowest BCUT2D eigenvalue weighted by Gasteiger charge is -2.14. The zero-order chi connectivity index (χ0) is 12.3. The fourth-order valence-electron chi connectivity index (χ4n) is 1.65. The number of hydrogen-bond acceptors (Lipinski definition) is 4. The van der Waals surface area contributed by atoms with Crippen molar-refractivity contribution >= 4 is 11.8 Å². The van der Waals surface area contributed by atoms with Crippen LogP contribution in [-0.2, 0) is 4.74 Å². The Labute approximate surface area is 95.6 Å². The standard InChI is InChI=1S/C11H19N3O2/c1-5-7(3)14-8(4)13-9(10(14)12)11(15)16-6-2/h7H,5-6,12H2,1-4H3. The van der Waals surface area contributed by atoms with E-state index in [0.717, 1.165) is 12.2 Å². The third kappa shape index (κ3) is 2.18. The molecule has 0 fully saturated rings. The van der Waals surface area contributed by atoms with Gasteiger partial charge in [-0.15, -0.1) is 0 Å². The number of imidazole rings is 1. The van der Waals surface area contributed by atoms with Crippen LogP contribution in [0.2, 0.25) is 0 Å². The van der Waals surface area contributed by atoms with Gasteiger partial charge in [-0.3, -0.25) is 0 Å². The topological polar surface area (TPSA) is 70.1 Å². The van der Waals surface area contributed by atoms with E-state index in [2.05, 4.69) is 11.9 Å². The average Bonchev–Trinajstić information content (AvgIpc) is 2.54. The van der Waals surface area contributed by atoms with E-state index in [1.165, 1.54) is 0 Å². The molecule has 0 saturated heterocycles. The van der Waals surface area contributed by atoms with Crippen molar-refractivity contribution in [1.29, 1.82) is 0 Å². The van der Waals surface area contributed by atoms with Crippen LogP contribution in [0.15, 0.2) is 0 Å². The molecule has 0 radical (unpaired) electrons. The Morgan fingerprint density at radius 1 is 1.56 bits per heavy atom. The molecule has 0 amide bonds. The molecule has 1 aromatic rings. The smallest absolute Gasteiger partial charge is 0.360 e. The highest BCUT2D eigenvalue weighted by Gasteiger charge is 2.21. The van der Waals surface area contributed by atoms with Crippen molar-refractivity contribution in [3.05, 3.63) is 11.5 Å². The number of aromatic nitrogens is 2. The summed E-state index contributed by atoms with van der Waals surface area (Å²) in [6.07, 6.45) is 0.934. The fraction of sp³-hybridized carbons (Fsp3) is 0.636. The Morgan fingerprint density at radius 2 is 2.19 bits per heavy atom. The van der Waals surface area contributed by atoms with Gasteiger partial charge >= 0.3 is 5.97 Å². The molecule has 1 atom stereocenters. The summed E-state index contributed by atoms with van der Waals surface area (Å²) >= 11 is 0. The number of rotatable bonds is 4. The van der Waals surface area contributed by atoms with Crippen molar-refractivity contribution in [2.75, 3.05) is 12.3 Å². The summed E-state index contributed by atoms with van der Waals surface area (Å²) in [5, 5.41) is 0. The lowest BCUT2D eigenvalue weighted by molar-refractivity contribution is 0.0521. The highest BCUT2D eigenvalue weighted by molar-refractivity contribution is 5.92. The zero-order valence-corrected chi connectivity index (χ0v) is 10.3. The van der Waals surface area contributed by atoms with Crippen LogP contribution >= 0.6 is 0 Å². The van der Waals surface area contributed by atoms with E-state index >= 15 is 0 Å². The summed E-state index contributed by atoms with van der Waals surface area (Å²) in [6, 6.07) is 0.232.